The molecule has 2 aliphatic rings. The number of ether oxygens (including phenoxy) is 1. The first-order chi connectivity index (χ1) is 9.38. The summed E-state index contributed by atoms with van der Waals surface area (Å²) in [6.07, 6.45) is 5.13. The van der Waals surface area contributed by atoms with Crippen molar-refractivity contribution in [2.24, 2.45) is 5.92 Å². The largest absolute Gasteiger partial charge is 0.444 e. The van der Waals surface area contributed by atoms with Crippen LogP contribution in [-0.4, -0.2) is 45.5 Å². The number of thioether (sulfide) groups is 1. The molecular weight excluding hydrogens is 274 g/mol. The van der Waals surface area contributed by atoms with Crippen molar-refractivity contribution in [3.8, 4) is 0 Å². The zero-order valence-electron chi connectivity index (χ0n) is 12.8. The second kappa shape index (κ2) is 6.56. The van der Waals surface area contributed by atoms with Gasteiger partial charge in [-0.1, -0.05) is 19.3 Å². The predicted octanol–water partition coefficient (Wildman–Crippen LogP) is 3.24. The number of carbonyl (C=O) groups excluding carboxylic acids is 1. The van der Waals surface area contributed by atoms with Gasteiger partial charge in [-0.05, 0) is 39.5 Å². The second-order valence-corrected chi connectivity index (χ2v) is 8.05. The molecule has 0 aromatic carbocycles. The molecule has 5 heteroatoms. The smallest absolute Gasteiger partial charge is 0.411 e. The molecule has 2 rings (SSSR count). The summed E-state index contributed by atoms with van der Waals surface area (Å²) >= 11 is 1.68. The zero-order valence-corrected chi connectivity index (χ0v) is 13.6. The Morgan fingerprint density at radius 3 is 2.55 bits per heavy atom. The molecule has 2 fully saturated rings. The van der Waals surface area contributed by atoms with Gasteiger partial charge in [0.2, 0.25) is 0 Å². The molecule has 1 amide bonds. The van der Waals surface area contributed by atoms with Gasteiger partial charge in [0.15, 0.2) is 0 Å². The number of carbonyl (C=O) groups is 1. The maximum absolute atomic E-state index is 12.2. The molecular formula is C15H27NO3S. The molecule has 0 aromatic heterocycles. The first-order valence-corrected chi connectivity index (χ1v) is 8.72. The highest BCUT2D eigenvalue weighted by Gasteiger charge is 2.40. The first kappa shape index (κ1) is 16.0. The molecule has 1 heterocycles. The first-order valence-electron chi connectivity index (χ1n) is 7.68. The minimum atomic E-state index is -0.481. The number of nitrogens with zero attached hydrogens (tertiary/aromatic N) is 1. The van der Waals surface area contributed by atoms with Gasteiger partial charge in [-0.15, -0.1) is 11.8 Å². The third kappa shape index (κ3) is 4.04. The van der Waals surface area contributed by atoms with Crippen LogP contribution < -0.4 is 0 Å². The van der Waals surface area contributed by atoms with E-state index >= 15 is 0 Å². The third-order valence-electron chi connectivity index (χ3n) is 3.98. The molecule has 0 spiro atoms. The molecule has 2 atom stereocenters. The quantitative estimate of drug-likeness (QED) is 0.850. The Bertz CT molecular complexity index is 337. The van der Waals surface area contributed by atoms with Crippen LogP contribution in [0.3, 0.4) is 0 Å². The Morgan fingerprint density at radius 2 is 1.95 bits per heavy atom. The van der Waals surface area contributed by atoms with Crippen molar-refractivity contribution in [3.05, 3.63) is 0 Å². The molecule has 1 saturated heterocycles. The molecule has 1 saturated carbocycles. The summed E-state index contributed by atoms with van der Waals surface area (Å²) in [5.41, 5.74) is -0.481. The van der Waals surface area contributed by atoms with Crippen molar-refractivity contribution in [2.75, 3.05) is 12.3 Å². The van der Waals surface area contributed by atoms with Gasteiger partial charge in [0, 0.05) is 12.3 Å². The normalized spacial score (nSPS) is 26.6. The molecule has 0 aromatic rings. The lowest BCUT2D eigenvalue weighted by Gasteiger charge is -2.35. The van der Waals surface area contributed by atoms with Gasteiger partial charge in [-0.3, -0.25) is 4.90 Å². The van der Waals surface area contributed by atoms with Crippen LogP contribution in [0.5, 0.6) is 0 Å². The van der Waals surface area contributed by atoms with Crippen LogP contribution in [0.2, 0.25) is 0 Å². The minimum absolute atomic E-state index is 0.132. The highest BCUT2D eigenvalue weighted by Crippen LogP contribution is 2.36. The monoisotopic (exact) mass is 301 g/mol. The number of aliphatic hydroxyl groups excluding tert-OH is 1. The number of amides is 1. The number of hydrogen-bond donors (Lipinski definition) is 1. The summed E-state index contributed by atoms with van der Waals surface area (Å²) in [6, 6.07) is 0. The van der Waals surface area contributed by atoms with Crippen LogP contribution in [0.15, 0.2) is 0 Å². The van der Waals surface area contributed by atoms with E-state index in [4.69, 9.17) is 4.74 Å². The summed E-state index contributed by atoms with van der Waals surface area (Å²) in [7, 11) is 0. The van der Waals surface area contributed by atoms with E-state index in [0.29, 0.717) is 12.5 Å². The summed E-state index contributed by atoms with van der Waals surface area (Å²) in [4.78, 5) is 14.0. The van der Waals surface area contributed by atoms with E-state index in [0.717, 1.165) is 18.6 Å². The van der Waals surface area contributed by atoms with E-state index in [1.807, 2.05) is 20.8 Å². The van der Waals surface area contributed by atoms with Crippen molar-refractivity contribution >= 4 is 17.9 Å². The van der Waals surface area contributed by atoms with Crippen molar-refractivity contribution in [1.29, 1.82) is 0 Å². The van der Waals surface area contributed by atoms with Crippen LogP contribution in [0.1, 0.15) is 52.9 Å². The second-order valence-electron chi connectivity index (χ2n) is 6.82. The van der Waals surface area contributed by atoms with Crippen molar-refractivity contribution < 1.29 is 14.6 Å². The number of rotatable bonds is 2. The SMILES string of the molecule is CC(C)(C)OC(=O)N1CCS[C@H]1[C@@H](O)C1CCCCC1. The van der Waals surface area contributed by atoms with E-state index in [-0.39, 0.29) is 11.5 Å². The number of hydrogen-bond acceptors (Lipinski definition) is 4. The molecule has 20 heavy (non-hydrogen) atoms. The highest BCUT2D eigenvalue weighted by atomic mass is 32.2. The lowest BCUT2D eigenvalue weighted by atomic mass is 9.85. The van der Waals surface area contributed by atoms with Crippen molar-refractivity contribution in [2.45, 2.75) is 70.0 Å². The Kier molecular flexibility index (Phi) is 5.24. The van der Waals surface area contributed by atoms with Crippen LogP contribution >= 0.6 is 11.8 Å². The average Bonchev–Trinajstić information content (AvgIpc) is 2.86. The molecule has 0 bridgehead atoms. The van der Waals surface area contributed by atoms with E-state index in [1.54, 1.807) is 16.7 Å². The van der Waals surface area contributed by atoms with E-state index in [9.17, 15) is 9.90 Å². The highest BCUT2D eigenvalue weighted by molar-refractivity contribution is 8.00. The van der Waals surface area contributed by atoms with Crippen LogP contribution in [0.25, 0.3) is 0 Å². The number of aliphatic hydroxyl groups is 1. The fourth-order valence-electron chi connectivity index (χ4n) is 3.00. The van der Waals surface area contributed by atoms with Crippen LogP contribution in [-0.2, 0) is 4.74 Å². The van der Waals surface area contributed by atoms with Gasteiger partial charge in [0.25, 0.3) is 0 Å². The molecule has 0 unspecified atom stereocenters. The van der Waals surface area contributed by atoms with Gasteiger partial charge in [-0.25, -0.2) is 4.79 Å². The molecule has 4 nitrogen and oxygen atoms in total. The van der Waals surface area contributed by atoms with Crippen LogP contribution in [0, 0.1) is 5.92 Å². The maximum Gasteiger partial charge on any atom is 0.411 e. The minimum Gasteiger partial charge on any atom is -0.444 e. The lowest BCUT2D eigenvalue weighted by molar-refractivity contribution is 0.000416. The molecule has 1 aliphatic heterocycles. The summed E-state index contributed by atoms with van der Waals surface area (Å²) in [5.74, 6) is 1.22. The summed E-state index contributed by atoms with van der Waals surface area (Å²) < 4.78 is 5.45. The fourth-order valence-corrected chi connectivity index (χ4v) is 4.33. The predicted molar refractivity (Wildman–Crippen MR) is 81.8 cm³/mol. The van der Waals surface area contributed by atoms with E-state index < -0.39 is 11.7 Å². The fraction of sp³-hybridized carbons (Fsp3) is 0.933. The van der Waals surface area contributed by atoms with Crippen molar-refractivity contribution in [3.63, 3.8) is 0 Å². The average molecular weight is 301 g/mol. The summed E-state index contributed by atoms with van der Waals surface area (Å²) in [6.45, 7) is 6.30. The Morgan fingerprint density at radius 1 is 1.30 bits per heavy atom. The van der Waals surface area contributed by atoms with Gasteiger partial charge in [0.05, 0.1) is 6.10 Å². The molecule has 116 valence electrons. The Hall–Kier alpha value is -0.420. The summed E-state index contributed by atoms with van der Waals surface area (Å²) in [5, 5.41) is 10.5. The Balaban J connectivity index is 1.97. The van der Waals surface area contributed by atoms with Gasteiger partial charge >= 0.3 is 6.09 Å². The Labute approximate surface area is 126 Å². The zero-order chi connectivity index (χ0) is 14.8. The standard InChI is InChI=1S/C15H27NO3S/c1-15(2,3)19-14(18)16-9-10-20-13(16)12(17)11-7-5-4-6-8-11/h11-13,17H,4-10H2,1-3H3/t12-,13-/m0/s1. The van der Waals surface area contributed by atoms with Gasteiger partial charge in [0.1, 0.15) is 11.0 Å². The molecule has 1 N–H and O–H groups in total. The van der Waals surface area contributed by atoms with Gasteiger partial charge in [-0.2, -0.15) is 0 Å². The van der Waals surface area contributed by atoms with Crippen LogP contribution in [0.4, 0.5) is 4.79 Å². The van der Waals surface area contributed by atoms with E-state index in [2.05, 4.69) is 0 Å². The van der Waals surface area contributed by atoms with Gasteiger partial charge < -0.3 is 9.84 Å². The third-order valence-corrected chi connectivity index (χ3v) is 5.27. The van der Waals surface area contributed by atoms with E-state index in [1.165, 1.54) is 19.3 Å². The molecule has 0 radical (unpaired) electrons. The molecule has 1 aliphatic carbocycles. The lowest BCUT2D eigenvalue weighted by Crippen LogP contribution is -2.46. The topological polar surface area (TPSA) is 49.8 Å². The van der Waals surface area contributed by atoms with Crippen molar-refractivity contribution in [1.82, 2.24) is 4.90 Å². The maximum atomic E-state index is 12.2.